The Morgan fingerprint density at radius 3 is 2.50 bits per heavy atom. The third-order valence-electron chi connectivity index (χ3n) is 3.30. The zero-order chi connectivity index (χ0) is 12.8. The largest absolute Gasteiger partial charge is 0.497 e. The molecule has 0 bridgehead atoms. The fraction of sp³-hybridized carbons (Fsp3) is 0.467. The first-order chi connectivity index (χ1) is 8.79. The first kappa shape index (κ1) is 13.1. The summed E-state index contributed by atoms with van der Waals surface area (Å²) in [7, 11) is 1.69. The Bertz CT molecular complexity index is 380. The number of ether oxygens (including phenoxy) is 2. The number of benzene rings is 1. The Morgan fingerprint density at radius 1 is 1.22 bits per heavy atom. The van der Waals surface area contributed by atoms with Gasteiger partial charge in [0, 0.05) is 19.1 Å². The molecule has 1 aromatic carbocycles. The van der Waals surface area contributed by atoms with Crippen molar-refractivity contribution in [3.05, 3.63) is 35.9 Å². The van der Waals surface area contributed by atoms with Gasteiger partial charge in [0.15, 0.2) is 0 Å². The van der Waals surface area contributed by atoms with Gasteiger partial charge in [-0.3, -0.25) is 4.90 Å². The fourth-order valence-corrected chi connectivity index (χ4v) is 2.07. The minimum Gasteiger partial charge on any atom is -0.497 e. The van der Waals surface area contributed by atoms with Crippen LogP contribution in [0.3, 0.4) is 0 Å². The smallest absolute Gasteiger partial charge is 0.118 e. The van der Waals surface area contributed by atoms with Gasteiger partial charge in [-0.2, -0.15) is 0 Å². The quantitative estimate of drug-likeness (QED) is 0.815. The lowest BCUT2D eigenvalue weighted by Gasteiger charge is -2.30. The summed E-state index contributed by atoms with van der Waals surface area (Å²) < 4.78 is 10.5. The molecule has 0 spiro atoms. The summed E-state index contributed by atoms with van der Waals surface area (Å²) >= 11 is 0. The molecule has 0 radical (unpaired) electrons. The van der Waals surface area contributed by atoms with E-state index in [0.29, 0.717) is 6.04 Å². The maximum Gasteiger partial charge on any atom is 0.118 e. The van der Waals surface area contributed by atoms with Crippen molar-refractivity contribution in [3.63, 3.8) is 0 Å². The van der Waals surface area contributed by atoms with E-state index < -0.39 is 0 Å². The number of rotatable bonds is 4. The van der Waals surface area contributed by atoms with Crippen LogP contribution in [0.25, 0.3) is 6.08 Å². The minimum absolute atomic E-state index is 0.455. The van der Waals surface area contributed by atoms with Crippen LogP contribution in [-0.2, 0) is 4.74 Å². The first-order valence-corrected chi connectivity index (χ1v) is 6.43. The number of hydrogen-bond acceptors (Lipinski definition) is 3. The Kier molecular flexibility index (Phi) is 4.79. The Balaban J connectivity index is 1.92. The van der Waals surface area contributed by atoms with Gasteiger partial charge in [0.2, 0.25) is 0 Å². The van der Waals surface area contributed by atoms with Crippen LogP contribution in [0.4, 0.5) is 0 Å². The summed E-state index contributed by atoms with van der Waals surface area (Å²) in [6, 6.07) is 8.57. The van der Waals surface area contributed by atoms with Crippen LogP contribution in [-0.4, -0.2) is 44.4 Å². The lowest BCUT2D eigenvalue weighted by Crippen LogP contribution is -2.41. The molecule has 18 heavy (non-hydrogen) atoms. The Labute approximate surface area is 109 Å². The highest BCUT2D eigenvalue weighted by Crippen LogP contribution is 2.13. The van der Waals surface area contributed by atoms with Crippen molar-refractivity contribution in [1.29, 1.82) is 0 Å². The number of methoxy groups -OCH3 is 1. The Morgan fingerprint density at radius 2 is 1.89 bits per heavy atom. The van der Waals surface area contributed by atoms with Gasteiger partial charge >= 0.3 is 0 Å². The molecule has 0 N–H and O–H groups in total. The predicted molar refractivity (Wildman–Crippen MR) is 73.9 cm³/mol. The molecule has 0 aromatic heterocycles. The molecule has 1 heterocycles. The van der Waals surface area contributed by atoms with Crippen molar-refractivity contribution < 1.29 is 9.47 Å². The van der Waals surface area contributed by atoms with E-state index in [-0.39, 0.29) is 0 Å². The van der Waals surface area contributed by atoms with Gasteiger partial charge in [-0.15, -0.1) is 0 Å². The van der Waals surface area contributed by atoms with Gasteiger partial charge in [-0.1, -0.05) is 24.3 Å². The summed E-state index contributed by atoms with van der Waals surface area (Å²) in [6.45, 7) is 5.97. The Hall–Kier alpha value is -1.32. The SMILES string of the molecule is COc1ccc(/C=C\C(C)N2CCOCC2)cc1. The predicted octanol–water partition coefficient (Wildman–Crippen LogP) is 2.43. The van der Waals surface area contributed by atoms with Crippen LogP contribution in [0.15, 0.2) is 30.3 Å². The summed E-state index contributed by atoms with van der Waals surface area (Å²) in [5, 5.41) is 0. The minimum atomic E-state index is 0.455. The standard InChI is InChI=1S/C15H21NO2/c1-13(16-9-11-18-12-10-16)3-4-14-5-7-15(17-2)8-6-14/h3-8,13H,9-12H2,1-2H3/b4-3-. The number of hydrogen-bond donors (Lipinski definition) is 0. The van der Waals surface area contributed by atoms with Crippen molar-refractivity contribution in [2.45, 2.75) is 13.0 Å². The van der Waals surface area contributed by atoms with Crippen LogP contribution in [0, 0.1) is 0 Å². The summed E-state index contributed by atoms with van der Waals surface area (Å²) in [6.07, 6.45) is 4.41. The molecule has 98 valence electrons. The lowest BCUT2D eigenvalue weighted by atomic mass is 10.1. The van der Waals surface area contributed by atoms with Crippen LogP contribution < -0.4 is 4.74 Å². The maximum atomic E-state index is 5.36. The van der Waals surface area contributed by atoms with Gasteiger partial charge in [0.25, 0.3) is 0 Å². The second-order valence-electron chi connectivity index (χ2n) is 4.52. The highest BCUT2D eigenvalue weighted by molar-refractivity contribution is 5.51. The molecule has 3 nitrogen and oxygen atoms in total. The van der Waals surface area contributed by atoms with Crippen LogP contribution >= 0.6 is 0 Å². The molecule has 1 saturated heterocycles. The van der Waals surface area contributed by atoms with Crippen molar-refractivity contribution in [2.75, 3.05) is 33.4 Å². The van der Waals surface area contributed by atoms with Crippen LogP contribution in [0.2, 0.25) is 0 Å². The summed E-state index contributed by atoms with van der Waals surface area (Å²) in [4.78, 5) is 2.43. The average molecular weight is 247 g/mol. The molecular formula is C15H21NO2. The topological polar surface area (TPSA) is 21.7 Å². The highest BCUT2D eigenvalue weighted by atomic mass is 16.5. The van der Waals surface area contributed by atoms with Crippen LogP contribution in [0.1, 0.15) is 12.5 Å². The van der Waals surface area contributed by atoms with Crippen molar-refractivity contribution >= 4 is 6.08 Å². The second-order valence-corrected chi connectivity index (χ2v) is 4.52. The second kappa shape index (κ2) is 6.57. The van der Waals surface area contributed by atoms with Crippen LogP contribution in [0.5, 0.6) is 5.75 Å². The highest BCUT2D eigenvalue weighted by Gasteiger charge is 2.14. The van der Waals surface area contributed by atoms with Gasteiger partial charge in [-0.05, 0) is 24.6 Å². The average Bonchev–Trinajstić information content (AvgIpc) is 2.46. The molecule has 1 aliphatic rings. The molecular weight excluding hydrogens is 226 g/mol. The van der Waals surface area contributed by atoms with E-state index in [1.807, 2.05) is 12.1 Å². The van der Waals surface area contributed by atoms with E-state index in [1.165, 1.54) is 5.56 Å². The van der Waals surface area contributed by atoms with Crippen molar-refractivity contribution in [1.82, 2.24) is 4.90 Å². The van der Waals surface area contributed by atoms with Gasteiger partial charge in [-0.25, -0.2) is 0 Å². The van der Waals surface area contributed by atoms with E-state index in [4.69, 9.17) is 9.47 Å². The first-order valence-electron chi connectivity index (χ1n) is 6.43. The molecule has 1 atom stereocenters. The normalized spacial score (nSPS) is 19.0. The van der Waals surface area contributed by atoms with Gasteiger partial charge < -0.3 is 9.47 Å². The van der Waals surface area contributed by atoms with Gasteiger partial charge in [0.05, 0.1) is 20.3 Å². The van der Waals surface area contributed by atoms with Gasteiger partial charge in [0.1, 0.15) is 5.75 Å². The third kappa shape index (κ3) is 3.59. The number of morpholine rings is 1. The summed E-state index contributed by atoms with van der Waals surface area (Å²) in [5.41, 5.74) is 1.20. The lowest BCUT2D eigenvalue weighted by molar-refractivity contribution is 0.0288. The molecule has 1 aromatic rings. The van der Waals surface area contributed by atoms with E-state index >= 15 is 0 Å². The van der Waals surface area contributed by atoms with Crippen molar-refractivity contribution in [2.24, 2.45) is 0 Å². The zero-order valence-electron chi connectivity index (χ0n) is 11.1. The molecule has 0 amide bonds. The maximum absolute atomic E-state index is 5.36. The zero-order valence-corrected chi connectivity index (χ0v) is 11.1. The van der Waals surface area contributed by atoms with E-state index in [1.54, 1.807) is 7.11 Å². The molecule has 1 fully saturated rings. The molecule has 3 heteroatoms. The molecule has 1 aliphatic heterocycles. The summed E-state index contributed by atoms with van der Waals surface area (Å²) in [5.74, 6) is 0.897. The molecule has 0 aliphatic carbocycles. The third-order valence-corrected chi connectivity index (χ3v) is 3.30. The van der Waals surface area contributed by atoms with E-state index in [2.05, 4.69) is 36.1 Å². The number of nitrogens with zero attached hydrogens (tertiary/aromatic N) is 1. The molecule has 2 rings (SSSR count). The molecule has 0 saturated carbocycles. The monoisotopic (exact) mass is 247 g/mol. The van der Waals surface area contributed by atoms with E-state index in [9.17, 15) is 0 Å². The molecule has 1 unspecified atom stereocenters. The fourth-order valence-electron chi connectivity index (χ4n) is 2.07. The van der Waals surface area contributed by atoms with E-state index in [0.717, 1.165) is 32.1 Å². The van der Waals surface area contributed by atoms with Crippen molar-refractivity contribution in [3.8, 4) is 5.75 Å².